The molecule has 1 aromatic rings. The van der Waals surface area contributed by atoms with Crippen molar-refractivity contribution in [1.82, 2.24) is 9.80 Å². The average Bonchev–Trinajstić information content (AvgIpc) is 2.43. The lowest BCUT2D eigenvalue weighted by molar-refractivity contribution is -0.138. The Morgan fingerprint density at radius 2 is 1.65 bits per heavy atom. The number of halogens is 2. The Morgan fingerprint density at radius 3 is 2.20 bits per heavy atom. The molecule has 0 bridgehead atoms. The molecule has 0 saturated carbocycles. The largest absolute Gasteiger partial charge is 0.339 e. The molecule has 6 heteroatoms. The fourth-order valence-electron chi connectivity index (χ4n) is 2.21. The van der Waals surface area contributed by atoms with Gasteiger partial charge in [-0.25, -0.2) is 0 Å². The van der Waals surface area contributed by atoms with Gasteiger partial charge in [0.1, 0.15) is 0 Å². The Hall–Kier alpha value is -1.26. The van der Waals surface area contributed by atoms with Gasteiger partial charge >= 0.3 is 0 Å². The molecule has 2 amide bonds. The van der Waals surface area contributed by atoms with Crippen molar-refractivity contribution >= 4 is 35.0 Å². The van der Waals surface area contributed by atoms with Crippen molar-refractivity contribution in [3.05, 3.63) is 33.8 Å². The summed E-state index contributed by atoms with van der Waals surface area (Å²) >= 11 is 11.8. The predicted molar refractivity (Wildman–Crippen MR) is 79.0 cm³/mol. The number of carbonyl (C=O) groups excluding carboxylic acids is 2. The van der Waals surface area contributed by atoms with E-state index in [1.807, 2.05) is 0 Å². The second-order valence-corrected chi connectivity index (χ2v) is 5.63. The summed E-state index contributed by atoms with van der Waals surface area (Å²) in [5, 5.41) is 0.941. The van der Waals surface area contributed by atoms with Gasteiger partial charge in [0.2, 0.25) is 11.8 Å². The molecule has 0 radical (unpaired) electrons. The summed E-state index contributed by atoms with van der Waals surface area (Å²) in [5.41, 5.74) is 0.846. The van der Waals surface area contributed by atoms with Gasteiger partial charge in [0, 0.05) is 33.1 Å². The van der Waals surface area contributed by atoms with Gasteiger partial charge in [-0.15, -0.1) is 0 Å². The standard InChI is InChI=1S/C14H16Cl2N2O2/c1-10(19)17-4-6-18(7-5-17)14(20)9-11-2-3-12(15)13(16)8-11/h2-3,8H,4-7,9H2,1H3. The number of piperazine rings is 1. The lowest BCUT2D eigenvalue weighted by Gasteiger charge is -2.34. The molecular weight excluding hydrogens is 299 g/mol. The highest BCUT2D eigenvalue weighted by atomic mass is 35.5. The van der Waals surface area contributed by atoms with Crippen LogP contribution in [0.5, 0.6) is 0 Å². The zero-order chi connectivity index (χ0) is 14.7. The van der Waals surface area contributed by atoms with E-state index < -0.39 is 0 Å². The quantitative estimate of drug-likeness (QED) is 0.840. The first-order valence-electron chi connectivity index (χ1n) is 6.44. The maximum absolute atomic E-state index is 12.2. The number of benzene rings is 1. The van der Waals surface area contributed by atoms with Crippen molar-refractivity contribution in [2.24, 2.45) is 0 Å². The van der Waals surface area contributed by atoms with Crippen LogP contribution in [0.3, 0.4) is 0 Å². The highest BCUT2D eigenvalue weighted by Crippen LogP contribution is 2.23. The first kappa shape index (κ1) is 15.1. The van der Waals surface area contributed by atoms with Gasteiger partial charge in [-0.3, -0.25) is 9.59 Å². The summed E-state index contributed by atoms with van der Waals surface area (Å²) in [5.74, 6) is 0.105. The molecule has 1 aromatic carbocycles. The monoisotopic (exact) mass is 314 g/mol. The highest BCUT2D eigenvalue weighted by Gasteiger charge is 2.22. The van der Waals surface area contributed by atoms with E-state index in [4.69, 9.17) is 23.2 Å². The molecule has 2 rings (SSSR count). The Labute approximate surface area is 128 Å². The first-order valence-corrected chi connectivity index (χ1v) is 7.20. The van der Waals surface area contributed by atoms with E-state index in [1.165, 1.54) is 0 Å². The van der Waals surface area contributed by atoms with E-state index >= 15 is 0 Å². The van der Waals surface area contributed by atoms with Gasteiger partial charge in [-0.2, -0.15) is 0 Å². The minimum Gasteiger partial charge on any atom is -0.339 e. The highest BCUT2D eigenvalue weighted by molar-refractivity contribution is 6.42. The Balaban J connectivity index is 1.92. The molecular formula is C14H16Cl2N2O2. The van der Waals surface area contributed by atoms with Gasteiger partial charge in [-0.05, 0) is 17.7 Å². The van der Waals surface area contributed by atoms with Crippen molar-refractivity contribution < 1.29 is 9.59 Å². The summed E-state index contributed by atoms with van der Waals surface area (Å²) < 4.78 is 0. The minimum atomic E-state index is 0.0478. The van der Waals surface area contributed by atoms with E-state index in [9.17, 15) is 9.59 Å². The van der Waals surface area contributed by atoms with Crippen molar-refractivity contribution in [3.8, 4) is 0 Å². The Morgan fingerprint density at radius 1 is 1.05 bits per heavy atom. The molecule has 0 unspecified atom stereocenters. The number of hydrogen-bond acceptors (Lipinski definition) is 2. The molecule has 0 atom stereocenters. The zero-order valence-corrected chi connectivity index (χ0v) is 12.7. The molecule has 1 aliphatic rings. The number of rotatable bonds is 2. The smallest absolute Gasteiger partial charge is 0.227 e. The summed E-state index contributed by atoms with van der Waals surface area (Å²) in [6, 6.07) is 5.21. The summed E-state index contributed by atoms with van der Waals surface area (Å²) in [7, 11) is 0. The van der Waals surface area contributed by atoms with Crippen molar-refractivity contribution in [2.75, 3.05) is 26.2 Å². The molecule has 1 saturated heterocycles. The van der Waals surface area contributed by atoms with Crippen LogP contribution in [0.15, 0.2) is 18.2 Å². The average molecular weight is 315 g/mol. The van der Waals surface area contributed by atoms with Crippen molar-refractivity contribution in [3.63, 3.8) is 0 Å². The normalized spacial score (nSPS) is 15.3. The topological polar surface area (TPSA) is 40.6 Å². The Kier molecular flexibility index (Phi) is 4.89. The zero-order valence-electron chi connectivity index (χ0n) is 11.2. The molecule has 1 fully saturated rings. The van der Waals surface area contributed by atoms with E-state index in [0.29, 0.717) is 42.6 Å². The molecule has 0 N–H and O–H groups in total. The van der Waals surface area contributed by atoms with Gasteiger partial charge in [0.25, 0.3) is 0 Å². The molecule has 0 aromatic heterocycles. The van der Waals surface area contributed by atoms with Crippen LogP contribution in [0.1, 0.15) is 12.5 Å². The van der Waals surface area contributed by atoms with Crippen LogP contribution in [-0.4, -0.2) is 47.8 Å². The number of hydrogen-bond donors (Lipinski definition) is 0. The van der Waals surface area contributed by atoms with Gasteiger partial charge in [0.05, 0.1) is 16.5 Å². The van der Waals surface area contributed by atoms with Crippen LogP contribution in [0.4, 0.5) is 0 Å². The van der Waals surface area contributed by atoms with E-state index in [0.717, 1.165) is 5.56 Å². The third kappa shape index (κ3) is 3.64. The summed E-state index contributed by atoms with van der Waals surface area (Å²) in [4.78, 5) is 27.0. The van der Waals surface area contributed by atoms with Crippen LogP contribution >= 0.6 is 23.2 Å². The SMILES string of the molecule is CC(=O)N1CCN(C(=O)Cc2ccc(Cl)c(Cl)c2)CC1. The predicted octanol–water partition coefficient (Wildman–Crippen LogP) is 2.23. The van der Waals surface area contributed by atoms with Gasteiger partial charge in [-0.1, -0.05) is 29.3 Å². The van der Waals surface area contributed by atoms with Crippen LogP contribution in [-0.2, 0) is 16.0 Å². The fraction of sp³-hybridized carbons (Fsp3) is 0.429. The lowest BCUT2D eigenvalue weighted by Crippen LogP contribution is -2.50. The molecule has 4 nitrogen and oxygen atoms in total. The van der Waals surface area contributed by atoms with Crippen LogP contribution in [0.2, 0.25) is 10.0 Å². The summed E-state index contributed by atoms with van der Waals surface area (Å²) in [6.45, 7) is 3.91. The Bertz CT molecular complexity index is 526. The molecule has 1 aliphatic heterocycles. The van der Waals surface area contributed by atoms with E-state index in [2.05, 4.69) is 0 Å². The van der Waals surface area contributed by atoms with Crippen molar-refractivity contribution in [2.45, 2.75) is 13.3 Å². The minimum absolute atomic E-state index is 0.0478. The molecule has 0 aliphatic carbocycles. The molecule has 108 valence electrons. The van der Waals surface area contributed by atoms with E-state index in [-0.39, 0.29) is 11.8 Å². The second-order valence-electron chi connectivity index (χ2n) is 4.81. The molecule has 0 spiro atoms. The van der Waals surface area contributed by atoms with Gasteiger partial charge in [0.15, 0.2) is 0 Å². The summed E-state index contributed by atoms with van der Waals surface area (Å²) in [6.07, 6.45) is 0.303. The van der Waals surface area contributed by atoms with Gasteiger partial charge < -0.3 is 9.80 Å². The first-order chi connectivity index (χ1) is 9.47. The third-order valence-corrected chi connectivity index (χ3v) is 4.16. The maximum Gasteiger partial charge on any atom is 0.227 e. The molecule has 1 heterocycles. The number of amides is 2. The molecule has 20 heavy (non-hydrogen) atoms. The lowest BCUT2D eigenvalue weighted by atomic mass is 10.1. The van der Waals surface area contributed by atoms with Crippen LogP contribution < -0.4 is 0 Å². The maximum atomic E-state index is 12.2. The number of nitrogens with zero attached hydrogens (tertiary/aromatic N) is 2. The van der Waals surface area contributed by atoms with Crippen LogP contribution in [0.25, 0.3) is 0 Å². The fourth-order valence-corrected chi connectivity index (χ4v) is 2.53. The third-order valence-electron chi connectivity index (χ3n) is 3.42. The van der Waals surface area contributed by atoms with E-state index in [1.54, 1.807) is 34.9 Å². The van der Waals surface area contributed by atoms with Crippen LogP contribution in [0, 0.1) is 0 Å². The van der Waals surface area contributed by atoms with Crippen molar-refractivity contribution in [1.29, 1.82) is 0 Å². The second kappa shape index (κ2) is 6.46. The number of carbonyl (C=O) groups is 2.